The lowest BCUT2D eigenvalue weighted by molar-refractivity contribution is -0.161. The molecule has 22 heteroatoms. The molecule has 20 nitrogen and oxygen atoms in total. The number of ether oxygens (including phenoxy) is 3. The highest BCUT2D eigenvalue weighted by atomic mass is 31.3. The molecule has 430 valence electrons. The topological polar surface area (TPSA) is 306 Å². The summed E-state index contributed by atoms with van der Waals surface area (Å²) in [4.78, 5) is 62.1. The largest absolute Gasteiger partial charge is 0.481 e. The number of allylic oxidation sites excluding steroid dienone is 7. The monoisotopic (exact) mass is 1100 g/mol. The Morgan fingerprint density at radius 1 is 0.707 bits per heavy atom. The van der Waals surface area contributed by atoms with Crippen LogP contribution in [-0.4, -0.2) is 108 Å². The third-order valence-corrected chi connectivity index (χ3v) is 14.9. The summed E-state index contributed by atoms with van der Waals surface area (Å²) in [7, 11) is -11.0. The minimum atomic E-state index is -5.50. The predicted molar refractivity (Wildman–Crippen MR) is 287 cm³/mol. The van der Waals surface area contributed by atoms with Crippen molar-refractivity contribution in [2.45, 2.75) is 224 Å². The summed E-state index contributed by atoms with van der Waals surface area (Å²) in [6, 6.07) is 1.23. The molecule has 1 aliphatic heterocycles. The first-order chi connectivity index (χ1) is 35.8. The van der Waals surface area contributed by atoms with Crippen molar-refractivity contribution in [3.63, 3.8) is 0 Å². The van der Waals surface area contributed by atoms with Crippen molar-refractivity contribution in [2.75, 3.05) is 25.6 Å². The Hall–Kier alpha value is -3.36. The number of rotatable bonds is 44. The standard InChI is InChI=1S/C53H91N3O17P2/c1-4-5-6-7-8-9-10-17-20-23-26-29-33-44(57)45(58)34-31-36-49(60)71-43(39-68-48(59)35-30-27-24-21-18-15-13-11-12-14-16-19-22-25-28-32-42(2)3)40-69-74(64,65)73-75(66,67)70-41-46-50(61)51(62)52(72-46)56-38-37-47(54)55-53(56)63/h5-6,8-9,17,20,26,29,37-38,42-46,50-52,57-58,61-62H,4,7,10-16,18-19,21-25,27-28,30-36,39-41H2,1-3H3,(H,64,65)(H,66,67)(H2,54,55,63)/b6-5-,9-8-,20-17-,29-26-/t43-,44-,45-,46-,50-,51-,52-/m1/s1. The highest BCUT2D eigenvalue weighted by Gasteiger charge is 2.46. The molecule has 0 radical (unpaired) electrons. The Morgan fingerprint density at radius 2 is 1.23 bits per heavy atom. The number of carbonyl (C=O) groups is 2. The van der Waals surface area contributed by atoms with Gasteiger partial charge < -0.3 is 50.2 Å². The maximum Gasteiger partial charge on any atom is 0.481 e. The Morgan fingerprint density at radius 3 is 1.79 bits per heavy atom. The molecule has 2 heterocycles. The second-order valence-electron chi connectivity index (χ2n) is 19.5. The van der Waals surface area contributed by atoms with Gasteiger partial charge in [-0.15, -0.1) is 0 Å². The molecule has 1 fully saturated rings. The molecule has 2 rings (SSSR count). The summed E-state index contributed by atoms with van der Waals surface area (Å²) < 4.78 is 56.7. The van der Waals surface area contributed by atoms with Crippen LogP contribution in [0.1, 0.15) is 188 Å². The molecular formula is C53H91N3O17P2. The lowest BCUT2D eigenvalue weighted by atomic mass is 10.0. The number of nitrogens with zero attached hydrogens (tertiary/aromatic N) is 2. The van der Waals surface area contributed by atoms with Crippen molar-refractivity contribution in [1.82, 2.24) is 9.55 Å². The van der Waals surface area contributed by atoms with Crippen LogP contribution in [0.3, 0.4) is 0 Å². The molecule has 1 aromatic rings. The number of unbranched alkanes of at least 4 members (excludes halogenated alkanes) is 14. The van der Waals surface area contributed by atoms with E-state index in [4.69, 9.17) is 29.0 Å². The minimum absolute atomic E-state index is 0.0317. The highest BCUT2D eigenvalue weighted by Crippen LogP contribution is 2.60. The lowest BCUT2D eigenvalue weighted by Crippen LogP contribution is -2.36. The SMILES string of the molecule is CC/C=C\C/C=C\C/C=C\C/C=C\C[C@@H](O)[C@H](O)CCCC(=O)O[C@H](COC(=O)CCCCCCCCCCCCCCCCCC(C)C)COP(=O)(O)OP(=O)(O)OC[C@H]1O[C@@H](n2ccc(N)nc2=O)[C@H](O)[C@@H]1O. The molecule has 0 bridgehead atoms. The first kappa shape index (κ1) is 67.7. The Bertz CT molecular complexity index is 2000. The number of phosphoric acid groups is 2. The summed E-state index contributed by atoms with van der Waals surface area (Å²) in [5.41, 5.74) is 4.57. The van der Waals surface area contributed by atoms with E-state index in [2.05, 4.69) is 54.4 Å². The van der Waals surface area contributed by atoms with E-state index in [0.717, 1.165) is 61.6 Å². The molecular weight excluding hydrogens is 1010 g/mol. The van der Waals surface area contributed by atoms with Gasteiger partial charge in [0.1, 0.15) is 30.7 Å². The fraction of sp³-hybridized carbons (Fsp3) is 0.736. The Kier molecular flexibility index (Phi) is 36.1. The van der Waals surface area contributed by atoms with Crippen LogP contribution in [0.15, 0.2) is 65.7 Å². The average Bonchev–Trinajstić information content (AvgIpc) is 3.63. The van der Waals surface area contributed by atoms with E-state index in [0.29, 0.717) is 12.8 Å². The number of hydrogen-bond donors (Lipinski definition) is 7. The molecule has 0 aliphatic carbocycles. The predicted octanol–water partition coefficient (Wildman–Crippen LogP) is 9.53. The van der Waals surface area contributed by atoms with Crippen molar-refractivity contribution < 1.29 is 76.5 Å². The molecule has 75 heavy (non-hydrogen) atoms. The Balaban J connectivity index is 1.84. The first-order valence-corrected chi connectivity index (χ1v) is 30.2. The van der Waals surface area contributed by atoms with E-state index in [1.54, 1.807) is 6.08 Å². The van der Waals surface area contributed by atoms with Crippen LogP contribution < -0.4 is 11.4 Å². The van der Waals surface area contributed by atoms with Gasteiger partial charge >= 0.3 is 33.3 Å². The van der Waals surface area contributed by atoms with Gasteiger partial charge in [-0.1, -0.05) is 166 Å². The van der Waals surface area contributed by atoms with E-state index in [9.17, 15) is 53.7 Å². The summed E-state index contributed by atoms with van der Waals surface area (Å²) in [6.07, 6.45) is 29.2. The van der Waals surface area contributed by atoms with Crippen molar-refractivity contribution in [1.29, 1.82) is 0 Å². The number of aliphatic hydroxyl groups is 4. The highest BCUT2D eigenvalue weighted by molar-refractivity contribution is 7.61. The number of esters is 2. The first-order valence-electron chi connectivity index (χ1n) is 27.2. The normalized spacial score (nSPS) is 20.1. The van der Waals surface area contributed by atoms with Gasteiger partial charge in [-0.2, -0.15) is 9.29 Å². The summed E-state index contributed by atoms with van der Waals surface area (Å²) in [6.45, 7) is 4.10. The number of carbonyl (C=O) groups excluding carboxylic acids is 2. The Labute approximate surface area is 445 Å². The fourth-order valence-electron chi connectivity index (χ4n) is 8.00. The zero-order valence-electron chi connectivity index (χ0n) is 44.7. The number of aliphatic hydroxyl groups excluding tert-OH is 4. The maximum absolute atomic E-state index is 12.9. The smallest absolute Gasteiger partial charge is 0.462 e. The van der Waals surface area contributed by atoms with Crippen molar-refractivity contribution in [3.05, 3.63) is 71.4 Å². The molecule has 2 unspecified atom stereocenters. The van der Waals surface area contributed by atoms with Crippen LogP contribution in [0.2, 0.25) is 0 Å². The molecule has 0 spiro atoms. The molecule has 1 aromatic heterocycles. The molecule has 1 saturated heterocycles. The van der Waals surface area contributed by atoms with E-state index in [1.807, 2.05) is 18.2 Å². The van der Waals surface area contributed by atoms with Crippen LogP contribution in [0.25, 0.3) is 0 Å². The van der Waals surface area contributed by atoms with Gasteiger partial charge in [0.15, 0.2) is 12.3 Å². The zero-order chi connectivity index (χ0) is 55.3. The lowest BCUT2D eigenvalue weighted by Gasteiger charge is -2.22. The van der Waals surface area contributed by atoms with E-state index in [1.165, 1.54) is 76.7 Å². The van der Waals surface area contributed by atoms with Crippen LogP contribution in [0.5, 0.6) is 0 Å². The molecule has 0 aromatic carbocycles. The minimum Gasteiger partial charge on any atom is -0.462 e. The van der Waals surface area contributed by atoms with Crippen molar-refractivity contribution in [2.24, 2.45) is 5.92 Å². The number of nitrogens with two attached hydrogens (primary N) is 1. The second-order valence-corrected chi connectivity index (χ2v) is 22.5. The molecule has 0 saturated carbocycles. The van der Waals surface area contributed by atoms with Gasteiger partial charge in [0.2, 0.25) is 0 Å². The fourth-order valence-corrected chi connectivity index (χ4v) is 10.1. The second kappa shape index (κ2) is 39.9. The van der Waals surface area contributed by atoms with Crippen LogP contribution in [-0.2, 0) is 46.3 Å². The van der Waals surface area contributed by atoms with Crippen LogP contribution in [0, 0.1) is 5.92 Å². The summed E-state index contributed by atoms with van der Waals surface area (Å²) >= 11 is 0. The van der Waals surface area contributed by atoms with Crippen molar-refractivity contribution in [3.8, 4) is 0 Å². The third kappa shape index (κ3) is 32.9. The van der Waals surface area contributed by atoms with Gasteiger partial charge in [-0.05, 0) is 63.4 Å². The number of nitrogen functional groups attached to an aromatic ring is 1. The third-order valence-electron chi connectivity index (χ3n) is 12.3. The zero-order valence-corrected chi connectivity index (χ0v) is 46.5. The van der Waals surface area contributed by atoms with Crippen LogP contribution >= 0.6 is 15.6 Å². The number of anilines is 1. The van der Waals surface area contributed by atoms with E-state index in [-0.39, 0.29) is 37.9 Å². The van der Waals surface area contributed by atoms with E-state index >= 15 is 0 Å². The van der Waals surface area contributed by atoms with Crippen LogP contribution in [0.4, 0.5) is 5.82 Å². The van der Waals surface area contributed by atoms with Gasteiger partial charge in [-0.3, -0.25) is 23.2 Å². The average molecular weight is 1100 g/mol. The van der Waals surface area contributed by atoms with Gasteiger partial charge in [0.25, 0.3) is 0 Å². The summed E-state index contributed by atoms with van der Waals surface area (Å²) in [5, 5.41) is 41.9. The molecule has 0 amide bonds. The molecule has 8 N–H and O–H groups in total. The molecule has 1 aliphatic rings. The van der Waals surface area contributed by atoms with Gasteiger partial charge in [-0.25, -0.2) is 13.9 Å². The number of hydrogen-bond acceptors (Lipinski definition) is 17. The van der Waals surface area contributed by atoms with Gasteiger partial charge in [0.05, 0.1) is 25.4 Å². The van der Waals surface area contributed by atoms with Gasteiger partial charge in [0, 0.05) is 19.0 Å². The van der Waals surface area contributed by atoms with E-state index < -0.39 is 95.9 Å². The summed E-state index contributed by atoms with van der Waals surface area (Å²) in [5.74, 6) is -0.803. The van der Waals surface area contributed by atoms with Crippen molar-refractivity contribution >= 4 is 33.4 Å². The quantitative estimate of drug-likeness (QED) is 0.0138. The number of aromatic nitrogens is 2. The maximum atomic E-state index is 12.9. The number of phosphoric ester groups is 2. The molecule has 9 atom stereocenters.